The predicted molar refractivity (Wildman–Crippen MR) is 76.3 cm³/mol. The molecule has 1 aromatic heterocycles. The summed E-state index contributed by atoms with van der Waals surface area (Å²) in [5, 5.41) is 4.11. The van der Waals surface area contributed by atoms with Gasteiger partial charge in [-0.2, -0.15) is 18.3 Å². The molecular weight excluding hydrogens is 279 g/mol. The molecule has 1 N–H and O–H groups in total. The quantitative estimate of drug-likeness (QED) is 0.678. The Bertz CT molecular complexity index is 629. The molecule has 0 saturated carbocycles. The summed E-state index contributed by atoms with van der Waals surface area (Å²) in [5.74, 6) is 0.259. The van der Waals surface area contributed by atoms with Crippen LogP contribution in [0.2, 0.25) is 0 Å². The van der Waals surface area contributed by atoms with Crippen molar-refractivity contribution in [2.24, 2.45) is 5.10 Å². The van der Waals surface area contributed by atoms with E-state index in [0.29, 0.717) is 0 Å². The summed E-state index contributed by atoms with van der Waals surface area (Å²) in [6.45, 7) is 3.79. The molecule has 0 atom stereocenters. The van der Waals surface area contributed by atoms with Crippen LogP contribution in [0, 0.1) is 6.92 Å². The van der Waals surface area contributed by atoms with Gasteiger partial charge >= 0.3 is 6.18 Å². The minimum Gasteiger partial charge on any atom is -0.261 e. The fraction of sp³-hybridized carbons (Fsp3) is 0.200. The lowest BCUT2D eigenvalue weighted by molar-refractivity contribution is -0.137. The molecule has 0 bridgehead atoms. The predicted octanol–water partition coefficient (Wildman–Crippen LogP) is 4.24. The van der Waals surface area contributed by atoms with Crippen LogP contribution in [0.25, 0.3) is 0 Å². The Labute approximate surface area is 120 Å². The standard InChI is InChI=1S/C15H14F3N3/c1-10-3-5-12(6-4-10)11(2)20-21-14-8-7-13(9-19-14)15(16,17)18/h3-9H,1-2H3,(H,19,21)/b20-11-. The average molecular weight is 293 g/mol. The first kappa shape index (κ1) is 15.0. The van der Waals surface area contributed by atoms with Crippen LogP contribution in [0.1, 0.15) is 23.6 Å². The average Bonchev–Trinajstić information content (AvgIpc) is 2.45. The Balaban J connectivity index is 2.08. The molecule has 0 fully saturated rings. The summed E-state index contributed by atoms with van der Waals surface area (Å²) in [5.41, 5.74) is 4.65. The Morgan fingerprint density at radius 3 is 2.29 bits per heavy atom. The number of nitrogens with zero attached hydrogens (tertiary/aromatic N) is 2. The maximum atomic E-state index is 12.4. The molecule has 1 aromatic carbocycles. The number of benzene rings is 1. The first-order valence-corrected chi connectivity index (χ1v) is 6.27. The highest BCUT2D eigenvalue weighted by molar-refractivity contribution is 5.99. The molecule has 0 saturated heterocycles. The molecule has 0 spiro atoms. The van der Waals surface area contributed by atoms with E-state index in [9.17, 15) is 13.2 Å². The molecule has 0 unspecified atom stereocenters. The zero-order chi connectivity index (χ0) is 15.5. The number of nitrogens with one attached hydrogen (secondary N) is 1. The molecule has 3 nitrogen and oxygen atoms in total. The fourth-order valence-electron chi connectivity index (χ4n) is 1.63. The molecule has 21 heavy (non-hydrogen) atoms. The molecule has 0 aliphatic heterocycles. The molecule has 110 valence electrons. The third-order valence-electron chi connectivity index (χ3n) is 2.90. The Kier molecular flexibility index (Phi) is 4.26. The Hall–Kier alpha value is -2.37. The van der Waals surface area contributed by atoms with Crippen molar-refractivity contribution in [2.45, 2.75) is 20.0 Å². The van der Waals surface area contributed by atoms with Gasteiger partial charge < -0.3 is 0 Å². The lowest BCUT2D eigenvalue weighted by Crippen LogP contribution is -2.06. The van der Waals surface area contributed by atoms with Gasteiger partial charge in [0.1, 0.15) is 5.82 Å². The van der Waals surface area contributed by atoms with Gasteiger partial charge in [0.2, 0.25) is 0 Å². The number of anilines is 1. The van der Waals surface area contributed by atoms with Crippen molar-refractivity contribution >= 4 is 11.5 Å². The summed E-state index contributed by atoms with van der Waals surface area (Å²) in [6.07, 6.45) is -3.61. The van der Waals surface area contributed by atoms with Crippen molar-refractivity contribution < 1.29 is 13.2 Å². The maximum absolute atomic E-state index is 12.4. The number of halogens is 3. The van der Waals surface area contributed by atoms with Gasteiger partial charge in [0, 0.05) is 6.20 Å². The number of aryl methyl sites for hydroxylation is 1. The number of rotatable bonds is 3. The van der Waals surface area contributed by atoms with Gasteiger partial charge in [0.05, 0.1) is 11.3 Å². The van der Waals surface area contributed by atoms with Gasteiger partial charge in [-0.25, -0.2) is 4.98 Å². The summed E-state index contributed by atoms with van der Waals surface area (Å²) in [7, 11) is 0. The number of hydrogen-bond donors (Lipinski definition) is 1. The van der Waals surface area contributed by atoms with E-state index in [2.05, 4.69) is 15.5 Å². The molecule has 2 aromatic rings. The van der Waals surface area contributed by atoms with Crippen LogP contribution in [0.3, 0.4) is 0 Å². The lowest BCUT2D eigenvalue weighted by atomic mass is 10.1. The van der Waals surface area contributed by atoms with Crippen molar-refractivity contribution in [2.75, 3.05) is 5.43 Å². The summed E-state index contributed by atoms with van der Waals surface area (Å²) in [4.78, 5) is 3.69. The molecule has 0 aliphatic carbocycles. The minimum absolute atomic E-state index is 0.259. The maximum Gasteiger partial charge on any atom is 0.417 e. The van der Waals surface area contributed by atoms with Crippen LogP contribution in [0.15, 0.2) is 47.7 Å². The number of alkyl halides is 3. The highest BCUT2D eigenvalue weighted by Gasteiger charge is 2.30. The fourth-order valence-corrected chi connectivity index (χ4v) is 1.63. The topological polar surface area (TPSA) is 37.3 Å². The molecule has 0 aliphatic rings. The van der Waals surface area contributed by atoms with Gasteiger partial charge in [0.25, 0.3) is 0 Å². The van der Waals surface area contributed by atoms with Crippen LogP contribution >= 0.6 is 0 Å². The normalized spacial score (nSPS) is 12.3. The first-order valence-electron chi connectivity index (χ1n) is 6.27. The summed E-state index contributed by atoms with van der Waals surface area (Å²) >= 11 is 0. The van der Waals surface area contributed by atoms with Crippen LogP contribution < -0.4 is 5.43 Å². The first-order chi connectivity index (χ1) is 9.86. The molecule has 0 amide bonds. The van der Waals surface area contributed by atoms with Crippen molar-refractivity contribution in [3.8, 4) is 0 Å². The van der Waals surface area contributed by atoms with Crippen molar-refractivity contribution in [3.63, 3.8) is 0 Å². The molecular formula is C15H14F3N3. The van der Waals surface area contributed by atoms with E-state index in [1.54, 1.807) is 0 Å². The van der Waals surface area contributed by atoms with E-state index in [1.165, 1.54) is 6.07 Å². The zero-order valence-electron chi connectivity index (χ0n) is 11.6. The highest BCUT2D eigenvalue weighted by Crippen LogP contribution is 2.28. The largest absolute Gasteiger partial charge is 0.417 e. The highest BCUT2D eigenvalue weighted by atomic mass is 19.4. The third-order valence-corrected chi connectivity index (χ3v) is 2.90. The molecule has 6 heteroatoms. The second kappa shape index (κ2) is 5.95. The van der Waals surface area contributed by atoms with E-state index in [0.717, 1.165) is 29.1 Å². The van der Waals surface area contributed by atoms with Crippen molar-refractivity contribution in [3.05, 3.63) is 59.3 Å². The molecule has 2 rings (SSSR count). The molecule has 0 radical (unpaired) electrons. The monoisotopic (exact) mass is 293 g/mol. The van der Waals surface area contributed by atoms with Gasteiger partial charge in [-0.1, -0.05) is 29.8 Å². The number of pyridine rings is 1. The SMILES string of the molecule is C/C(=N/Nc1ccc(C(F)(F)F)cn1)c1ccc(C)cc1. The summed E-state index contributed by atoms with van der Waals surface area (Å²) < 4.78 is 37.2. The van der Waals surface area contributed by atoms with Crippen molar-refractivity contribution in [1.29, 1.82) is 0 Å². The van der Waals surface area contributed by atoms with Gasteiger partial charge in [-0.05, 0) is 31.5 Å². The minimum atomic E-state index is -4.38. The lowest BCUT2D eigenvalue weighted by Gasteiger charge is -2.07. The molecule has 1 heterocycles. The van der Waals surface area contributed by atoms with E-state index >= 15 is 0 Å². The number of aromatic nitrogens is 1. The Morgan fingerprint density at radius 2 is 1.76 bits per heavy atom. The second-order valence-electron chi connectivity index (χ2n) is 4.60. The van der Waals surface area contributed by atoms with E-state index in [1.807, 2.05) is 38.1 Å². The van der Waals surface area contributed by atoms with Gasteiger partial charge in [-0.15, -0.1) is 0 Å². The van der Waals surface area contributed by atoms with Gasteiger partial charge in [0.15, 0.2) is 0 Å². The van der Waals surface area contributed by atoms with Crippen LogP contribution in [-0.2, 0) is 6.18 Å². The smallest absolute Gasteiger partial charge is 0.261 e. The second-order valence-corrected chi connectivity index (χ2v) is 4.60. The van der Waals surface area contributed by atoms with E-state index in [-0.39, 0.29) is 5.82 Å². The summed E-state index contributed by atoms with van der Waals surface area (Å²) in [6, 6.07) is 9.99. The Morgan fingerprint density at radius 1 is 1.10 bits per heavy atom. The third kappa shape index (κ3) is 4.05. The zero-order valence-corrected chi connectivity index (χ0v) is 11.6. The van der Waals surface area contributed by atoms with E-state index in [4.69, 9.17) is 0 Å². The number of hydrazone groups is 1. The van der Waals surface area contributed by atoms with Crippen molar-refractivity contribution in [1.82, 2.24) is 4.98 Å². The van der Waals surface area contributed by atoms with E-state index < -0.39 is 11.7 Å². The van der Waals surface area contributed by atoms with Gasteiger partial charge in [-0.3, -0.25) is 5.43 Å². The van der Waals surface area contributed by atoms with Crippen LogP contribution in [-0.4, -0.2) is 10.7 Å². The van der Waals surface area contributed by atoms with Crippen LogP contribution in [0.5, 0.6) is 0 Å². The van der Waals surface area contributed by atoms with Crippen LogP contribution in [0.4, 0.5) is 19.0 Å². The number of hydrogen-bond acceptors (Lipinski definition) is 3.